The van der Waals surface area contributed by atoms with Crippen molar-refractivity contribution in [3.63, 3.8) is 0 Å². The van der Waals surface area contributed by atoms with Gasteiger partial charge in [0.05, 0.1) is 18.2 Å². The number of rotatable bonds is 5. The minimum atomic E-state index is -1.18. The van der Waals surface area contributed by atoms with Gasteiger partial charge in [-0.2, -0.15) is 5.10 Å². The van der Waals surface area contributed by atoms with Crippen molar-refractivity contribution < 1.29 is 19.6 Å². The fraction of sp³-hybridized carbons (Fsp3) is 0.273. The quantitative estimate of drug-likeness (QED) is 0.456. The van der Waals surface area contributed by atoms with Crippen LogP contribution < -0.4 is 10.2 Å². The molecule has 1 aromatic rings. The van der Waals surface area contributed by atoms with Gasteiger partial charge in [0.25, 0.3) is 5.91 Å². The zero-order valence-electron chi connectivity index (χ0n) is 10.4. The van der Waals surface area contributed by atoms with Crippen molar-refractivity contribution in [2.24, 2.45) is 5.10 Å². The fourth-order valence-electron chi connectivity index (χ4n) is 1.19. The van der Waals surface area contributed by atoms with Crippen molar-refractivity contribution in [3.05, 3.63) is 33.9 Å². The molecule has 102 valence electrons. The van der Waals surface area contributed by atoms with Gasteiger partial charge < -0.3 is 9.84 Å². The largest absolute Gasteiger partial charge is 0.490 e. The first-order valence-corrected chi connectivity index (χ1v) is 5.29. The Labute approximate surface area is 108 Å². The van der Waals surface area contributed by atoms with Gasteiger partial charge in [-0.15, -0.1) is 0 Å². The molecule has 0 fully saturated rings. The Balaban J connectivity index is 2.85. The zero-order valence-corrected chi connectivity index (χ0v) is 10.4. The third-order valence-corrected chi connectivity index (χ3v) is 2.17. The van der Waals surface area contributed by atoms with Crippen LogP contribution in [-0.2, 0) is 4.79 Å². The molecule has 0 radical (unpaired) electrons. The van der Waals surface area contributed by atoms with Gasteiger partial charge in [-0.05, 0) is 19.1 Å². The Morgan fingerprint density at radius 3 is 2.84 bits per heavy atom. The summed E-state index contributed by atoms with van der Waals surface area (Å²) >= 11 is 0. The molecule has 8 nitrogen and oxygen atoms in total. The molecule has 0 bridgehead atoms. The van der Waals surface area contributed by atoms with Gasteiger partial charge in [-0.1, -0.05) is 0 Å². The second-order valence-corrected chi connectivity index (χ2v) is 3.60. The number of nitro groups is 1. The highest BCUT2D eigenvalue weighted by Crippen LogP contribution is 2.26. The highest BCUT2D eigenvalue weighted by molar-refractivity contribution is 5.84. The van der Waals surface area contributed by atoms with E-state index in [0.29, 0.717) is 5.56 Å². The number of methoxy groups -OCH3 is 1. The topological polar surface area (TPSA) is 114 Å². The Hall–Kier alpha value is -2.48. The molecule has 0 unspecified atom stereocenters. The van der Waals surface area contributed by atoms with E-state index in [-0.39, 0.29) is 11.4 Å². The van der Waals surface area contributed by atoms with Crippen LogP contribution >= 0.6 is 0 Å². The maximum Gasteiger partial charge on any atom is 0.311 e. The molecule has 1 rings (SSSR count). The Morgan fingerprint density at radius 1 is 1.63 bits per heavy atom. The van der Waals surface area contributed by atoms with Crippen LogP contribution in [0.2, 0.25) is 0 Å². The molecule has 0 aliphatic carbocycles. The maximum absolute atomic E-state index is 11.0. The number of benzene rings is 1. The van der Waals surface area contributed by atoms with Crippen molar-refractivity contribution in [3.8, 4) is 5.75 Å². The van der Waals surface area contributed by atoms with Crippen LogP contribution in [0.3, 0.4) is 0 Å². The number of ether oxygens (including phenoxy) is 1. The minimum absolute atomic E-state index is 0.134. The average molecular weight is 267 g/mol. The lowest BCUT2D eigenvalue weighted by Gasteiger charge is -2.02. The summed E-state index contributed by atoms with van der Waals surface area (Å²) in [6.45, 7) is 1.29. The molecule has 19 heavy (non-hydrogen) atoms. The second-order valence-electron chi connectivity index (χ2n) is 3.60. The summed E-state index contributed by atoms with van der Waals surface area (Å²) in [6, 6.07) is 4.23. The first-order chi connectivity index (χ1) is 8.95. The lowest BCUT2D eigenvalue weighted by Crippen LogP contribution is -2.28. The van der Waals surface area contributed by atoms with Crippen LogP contribution in [0.5, 0.6) is 5.75 Å². The van der Waals surface area contributed by atoms with Crippen LogP contribution in [-0.4, -0.2) is 35.4 Å². The number of carbonyl (C=O) groups excluding carboxylic acids is 1. The number of hydrogen-bond donors (Lipinski definition) is 2. The van der Waals surface area contributed by atoms with Crippen molar-refractivity contribution in [1.29, 1.82) is 0 Å². The number of nitrogens with one attached hydrogen (secondary N) is 1. The van der Waals surface area contributed by atoms with Crippen molar-refractivity contribution in [2.45, 2.75) is 13.0 Å². The van der Waals surface area contributed by atoms with E-state index in [2.05, 4.69) is 10.5 Å². The zero-order chi connectivity index (χ0) is 14.4. The van der Waals surface area contributed by atoms with Crippen LogP contribution in [0.4, 0.5) is 5.69 Å². The number of hydrazone groups is 1. The normalized spacial score (nSPS) is 12.2. The molecule has 1 amide bonds. The molecular formula is C11H13N3O5. The average Bonchev–Trinajstić information content (AvgIpc) is 2.38. The molecule has 0 aliphatic rings. The van der Waals surface area contributed by atoms with E-state index in [1.807, 2.05) is 0 Å². The lowest BCUT2D eigenvalue weighted by molar-refractivity contribution is -0.385. The van der Waals surface area contributed by atoms with E-state index in [1.54, 1.807) is 6.07 Å². The molecule has 0 saturated heterocycles. The van der Waals surface area contributed by atoms with Gasteiger partial charge in [0.15, 0.2) is 5.75 Å². The van der Waals surface area contributed by atoms with Gasteiger partial charge in [0.1, 0.15) is 6.10 Å². The number of nitro benzene ring substituents is 1. The van der Waals surface area contributed by atoms with Crippen LogP contribution in [0.1, 0.15) is 12.5 Å². The molecule has 1 atom stereocenters. The van der Waals surface area contributed by atoms with Gasteiger partial charge in [-0.25, -0.2) is 5.43 Å². The Bertz CT molecular complexity index is 513. The predicted octanol–water partition coefficient (Wildman–Crippen LogP) is 0.434. The molecule has 0 spiro atoms. The molecule has 0 saturated carbocycles. The summed E-state index contributed by atoms with van der Waals surface area (Å²) in [4.78, 5) is 21.2. The monoisotopic (exact) mass is 267 g/mol. The van der Waals surface area contributed by atoms with Crippen molar-refractivity contribution >= 4 is 17.8 Å². The first kappa shape index (κ1) is 14.6. The summed E-state index contributed by atoms with van der Waals surface area (Å²) < 4.78 is 4.85. The second kappa shape index (κ2) is 6.45. The highest BCUT2D eigenvalue weighted by atomic mass is 16.6. The molecule has 8 heteroatoms. The summed E-state index contributed by atoms with van der Waals surface area (Å²) in [5.74, 6) is -0.533. The summed E-state index contributed by atoms with van der Waals surface area (Å²) in [6.07, 6.45) is 0.0505. The van der Waals surface area contributed by atoms with E-state index in [4.69, 9.17) is 9.84 Å². The molecule has 0 heterocycles. The number of carbonyl (C=O) groups is 1. The van der Waals surface area contributed by atoms with E-state index >= 15 is 0 Å². The van der Waals surface area contributed by atoms with Gasteiger partial charge in [-0.3, -0.25) is 14.9 Å². The molecule has 1 aromatic carbocycles. The summed E-state index contributed by atoms with van der Waals surface area (Å²) in [5.41, 5.74) is 2.30. The molecular weight excluding hydrogens is 254 g/mol. The fourth-order valence-corrected chi connectivity index (χ4v) is 1.19. The van der Waals surface area contributed by atoms with Gasteiger partial charge in [0, 0.05) is 11.6 Å². The first-order valence-electron chi connectivity index (χ1n) is 5.29. The molecule has 0 aliphatic heterocycles. The van der Waals surface area contributed by atoms with Gasteiger partial charge >= 0.3 is 5.69 Å². The molecule has 2 N–H and O–H groups in total. The maximum atomic E-state index is 11.0. The minimum Gasteiger partial charge on any atom is -0.490 e. The van der Waals surface area contributed by atoms with E-state index < -0.39 is 16.9 Å². The van der Waals surface area contributed by atoms with Crippen molar-refractivity contribution in [2.75, 3.05) is 7.11 Å². The van der Waals surface area contributed by atoms with Crippen LogP contribution in [0.15, 0.2) is 23.3 Å². The Kier molecular flexibility index (Phi) is 4.95. The third-order valence-electron chi connectivity index (χ3n) is 2.17. The third kappa shape index (κ3) is 4.03. The van der Waals surface area contributed by atoms with E-state index in [9.17, 15) is 14.9 Å². The summed E-state index contributed by atoms with van der Waals surface area (Å²) in [5, 5.41) is 23.3. The van der Waals surface area contributed by atoms with Gasteiger partial charge in [0.2, 0.25) is 0 Å². The number of amides is 1. The highest BCUT2D eigenvalue weighted by Gasteiger charge is 2.14. The standard InChI is InChI=1S/C11H13N3O5/c1-7(15)11(16)13-12-6-8-3-4-10(19-2)9(5-8)14(17)18/h3-7,15H,1-2H3,(H,13,16)/b12-6-/t7-/m0/s1. The van der Waals surface area contributed by atoms with E-state index in [1.165, 1.54) is 32.4 Å². The van der Waals surface area contributed by atoms with Crippen LogP contribution in [0, 0.1) is 10.1 Å². The smallest absolute Gasteiger partial charge is 0.311 e. The Morgan fingerprint density at radius 2 is 2.32 bits per heavy atom. The van der Waals surface area contributed by atoms with E-state index in [0.717, 1.165) is 0 Å². The number of aliphatic hydroxyl groups excluding tert-OH is 1. The number of aliphatic hydroxyl groups is 1. The summed E-state index contributed by atoms with van der Waals surface area (Å²) in [7, 11) is 1.33. The van der Waals surface area contributed by atoms with Crippen molar-refractivity contribution in [1.82, 2.24) is 5.43 Å². The SMILES string of the molecule is COc1ccc(/C=N\NC(=O)[C@H](C)O)cc1[N+](=O)[O-]. The van der Waals surface area contributed by atoms with Crippen LogP contribution in [0.25, 0.3) is 0 Å². The lowest BCUT2D eigenvalue weighted by atomic mass is 10.2. The number of nitrogens with zero attached hydrogens (tertiary/aromatic N) is 2. The number of hydrogen-bond acceptors (Lipinski definition) is 6. The molecule has 0 aromatic heterocycles. The predicted molar refractivity (Wildman–Crippen MR) is 67.1 cm³/mol.